The van der Waals surface area contributed by atoms with Gasteiger partial charge in [0.05, 0.1) is 15.1 Å². The number of carbonyl (C=O) groups excluding carboxylic acids is 1. The van der Waals surface area contributed by atoms with Gasteiger partial charge in [-0.25, -0.2) is 12.7 Å². The number of nitrogens with zero attached hydrogens (tertiary/aromatic N) is 3. The number of carbonyl (C=O) groups is 1. The van der Waals surface area contributed by atoms with Crippen LogP contribution < -0.4 is 4.80 Å². The number of aromatic nitrogens is 1. The zero-order chi connectivity index (χ0) is 23.5. The summed E-state index contributed by atoms with van der Waals surface area (Å²) in [5, 5.41) is 0.645. The fraction of sp³-hybridized carbons (Fsp3) is 0.304. The lowest BCUT2D eigenvalue weighted by Gasteiger charge is -2.16. The summed E-state index contributed by atoms with van der Waals surface area (Å²) in [5.41, 5.74) is 2.15. The second kappa shape index (κ2) is 10.1. The van der Waals surface area contributed by atoms with E-state index in [0.29, 0.717) is 28.5 Å². The monoisotopic (exact) mass is 491 g/mol. The molecule has 1 heterocycles. The Kier molecular flexibility index (Phi) is 7.71. The van der Waals surface area contributed by atoms with Gasteiger partial charge in [-0.15, -0.1) is 6.58 Å². The summed E-state index contributed by atoms with van der Waals surface area (Å²) in [7, 11) is -2.02. The van der Waals surface area contributed by atoms with Gasteiger partial charge in [0.1, 0.15) is 0 Å². The lowest BCUT2D eigenvalue weighted by Crippen LogP contribution is -2.27. The molecule has 0 N–H and O–H groups in total. The number of fused-ring (bicyclic) bond motifs is 1. The van der Waals surface area contributed by atoms with E-state index in [4.69, 9.17) is 11.6 Å². The third-order valence-corrected chi connectivity index (χ3v) is 8.50. The molecule has 6 nitrogen and oxygen atoms in total. The van der Waals surface area contributed by atoms with Crippen molar-refractivity contribution < 1.29 is 13.2 Å². The van der Waals surface area contributed by atoms with Crippen molar-refractivity contribution in [3.05, 3.63) is 70.0 Å². The molecule has 1 aromatic heterocycles. The van der Waals surface area contributed by atoms with Gasteiger partial charge in [-0.1, -0.05) is 42.4 Å². The predicted octanol–water partition coefficient (Wildman–Crippen LogP) is 5.01. The Morgan fingerprint density at radius 2 is 1.94 bits per heavy atom. The van der Waals surface area contributed by atoms with E-state index in [2.05, 4.69) is 11.6 Å². The average molecular weight is 492 g/mol. The molecular weight excluding hydrogens is 466 g/mol. The van der Waals surface area contributed by atoms with E-state index in [-0.39, 0.29) is 4.90 Å². The highest BCUT2D eigenvalue weighted by molar-refractivity contribution is 7.89. The van der Waals surface area contributed by atoms with E-state index in [1.54, 1.807) is 13.1 Å². The molecule has 0 fully saturated rings. The molecule has 32 heavy (non-hydrogen) atoms. The summed E-state index contributed by atoms with van der Waals surface area (Å²) in [6.07, 6.45) is 3.44. The Hall–Kier alpha value is -2.26. The minimum atomic E-state index is -3.59. The molecule has 0 radical (unpaired) electrons. The largest absolute Gasteiger partial charge is 0.312 e. The third kappa shape index (κ3) is 4.88. The summed E-state index contributed by atoms with van der Waals surface area (Å²) < 4.78 is 29.6. The van der Waals surface area contributed by atoms with Crippen LogP contribution in [0.3, 0.4) is 0 Å². The predicted molar refractivity (Wildman–Crippen MR) is 131 cm³/mol. The van der Waals surface area contributed by atoms with Crippen molar-refractivity contribution in [1.82, 2.24) is 8.87 Å². The van der Waals surface area contributed by atoms with Crippen LogP contribution in [0.5, 0.6) is 0 Å². The highest BCUT2D eigenvalue weighted by Crippen LogP contribution is 2.27. The fourth-order valence-corrected chi connectivity index (χ4v) is 5.76. The van der Waals surface area contributed by atoms with E-state index < -0.39 is 15.9 Å². The summed E-state index contributed by atoms with van der Waals surface area (Å²) in [6, 6.07) is 9.64. The maximum absolute atomic E-state index is 12.9. The van der Waals surface area contributed by atoms with Gasteiger partial charge in [0, 0.05) is 30.7 Å². The third-order valence-electron chi connectivity index (χ3n) is 5.17. The van der Waals surface area contributed by atoms with Crippen molar-refractivity contribution in [2.75, 3.05) is 13.6 Å². The number of thiazole rings is 1. The summed E-state index contributed by atoms with van der Waals surface area (Å²) in [4.78, 5) is 17.9. The summed E-state index contributed by atoms with van der Waals surface area (Å²) >= 11 is 7.68. The summed E-state index contributed by atoms with van der Waals surface area (Å²) in [6.45, 7) is 8.67. The first-order valence-electron chi connectivity index (χ1n) is 10.3. The molecule has 9 heteroatoms. The molecule has 170 valence electrons. The van der Waals surface area contributed by atoms with Gasteiger partial charge in [-0.05, 0) is 55.3 Å². The van der Waals surface area contributed by atoms with Crippen LogP contribution in [0.4, 0.5) is 0 Å². The SMILES string of the molecule is C=CCn1c(=NC(=O)c2ccc(S(=O)(=O)N(C)CCCC)cc2)sc2ccc(Cl)c(C)c21. The molecule has 3 rings (SSSR count). The Bertz CT molecular complexity index is 1320. The van der Waals surface area contributed by atoms with Gasteiger partial charge in [0.2, 0.25) is 10.0 Å². The molecule has 3 aromatic rings. The number of amides is 1. The molecule has 1 amide bonds. The Morgan fingerprint density at radius 1 is 1.25 bits per heavy atom. The van der Waals surface area contributed by atoms with Crippen molar-refractivity contribution in [3.8, 4) is 0 Å². The number of benzene rings is 2. The lowest BCUT2D eigenvalue weighted by atomic mass is 10.2. The number of hydrogen-bond acceptors (Lipinski definition) is 4. The smallest absolute Gasteiger partial charge is 0.279 e. The van der Waals surface area contributed by atoms with Gasteiger partial charge in [0.25, 0.3) is 5.91 Å². The summed E-state index contributed by atoms with van der Waals surface area (Å²) in [5.74, 6) is -0.443. The van der Waals surface area contributed by atoms with E-state index in [0.717, 1.165) is 28.6 Å². The van der Waals surface area contributed by atoms with Crippen molar-refractivity contribution in [1.29, 1.82) is 0 Å². The number of hydrogen-bond donors (Lipinski definition) is 0. The molecule has 0 aliphatic rings. The zero-order valence-corrected chi connectivity index (χ0v) is 20.7. The Labute approximate surface area is 197 Å². The molecule has 0 spiro atoms. The number of sulfonamides is 1. The fourth-order valence-electron chi connectivity index (χ4n) is 3.30. The highest BCUT2D eigenvalue weighted by Gasteiger charge is 2.20. The molecule has 0 saturated carbocycles. The quantitative estimate of drug-likeness (QED) is 0.416. The molecule has 0 bridgehead atoms. The molecule has 0 unspecified atom stereocenters. The van der Waals surface area contributed by atoms with Crippen LogP contribution in [0.15, 0.2) is 58.9 Å². The minimum Gasteiger partial charge on any atom is -0.312 e. The average Bonchev–Trinajstić information content (AvgIpc) is 3.12. The van der Waals surface area contributed by atoms with Crippen LogP contribution >= 0.6 is 22.9 Å². The van der Waals surface area contributed by atoms with Gasteiger partial charge in [-0.3, -0.25) is 4.79 Å². The molecule has 0 saturated heterocycles. The lowest BCUT2D eigenvalue weighted by molar-refractivity contribution is 0.0997. The van der Waals surface area contributed by atoms with E-state index in [1.165, 1.54) is 39.9 Å². The zero-order valence-electron chi connectivity index (χ0n) is 18.3. The Morgan fingerprint density at radius 3 is 2.56 bits per heavy atom. The van der Waals surface area contributed by atoms with Gasteiger partial charge in [-0.2, -0.15) is 4.99 Å². The van der Waals surface area contributed by atoms with E-state index in [1.807, 2.05) is 30.5 Å². The van der Waals surface area contributed by atoms with E-state index in [9.17, 15) is 13.2 Å². The first kappa shape index (κ1) is 24.4. The van der Waals surface area contributed by atoms with Gasteiger partial charge >= 0.3 is 0 Å². The molecular formula is C23H26ClN3O3S2. The highest BCUT2D eigenvalue weighted by atomic mass is 35.5. The number of allylic oxidation sites excluding steroid dienone is 1. The van der Waals surface area contributed by atoms with Crippen molar-refractivity contribution in [3.63, 3.8) is 0 Å². The number of rotatable bonds is 8. The molecule has 0 aliphatic heterocycles. The maximum Gasteiger partial charge on any atom is 0.279 e. The van der Waals surface area contributed by atoms with Crippen LogP contribution in [0.25, 0.3) is 10.2 Å². The molecule has 0 atom stereocenters. The second-order valence-electron chi connectivity index (χ2n) is 7.42. The van der Waals surface area contributed by atoms with Crippen LogP contribution in [0, 0.1) is 6.92 Å². The first-order chi connectivity index (χ1) is 15.2. The van der Waals surface area contributed by atoms with Crippen LogP contribution in [-0.2, 0) is 16.6 Å². The molecule has 2 aromatic carbocycles. The number of aryl methyl sites for hydroxylation is 1. The van der Waals surface area contributed by atoms with Gasteiger partial charge < -0.3 is 4.57 Å². The van der Waals surface area contributed by atoms with Crippen LogP contribution in [0.2, 0.25) is 5.02 Å². The van der Waals surface area contributed by atoms with Crippen molar-refractivity contribution in [2.24, 2.45) is 4.99 Å². The van der Waals surface area contributed by atoms with Crippen LogP contribution in [0.1, 0.15) is 35.7 Å². The standard InChI is InChI=1S/C23H26ClN3O3S2/c1-5-7-15-26(4)32(29,30)18-10-8-17(9-11-18)22(28)25-23-27(14-6-2)21-16(3)19(24)12-13-20(21)31-23/h6,8-13H,2,5,7,14-15H2,1,3-4H3. The van der Waals surface area contributed by atoms with Crippen LogP contribution in [-0.4, -0.2) is 36.8 Å². The molecule has 0 aliphatic carbocycles. The maximum atomic E-state index is 12.9. The van der Waals surface area contributed by atoms with Crippen molar-refractivity contribution in [2.45, 2.75) is 38.1 Å². The van der Waals surface area contributed by atoms with Crippen molar-refractivity contribution >= 4 is 49.1 Å². The number of unbranched alkanes of at least 4 members (excludes halogenated alkanes) is 1. The second-order valence-corrected chi connectivity index (χ2v) is 10.9. The first-order valence-corrected chi connectivity index (χ1v) is 12.9. The minimum absolute atomic E-state index is 0.154. The van der Waals surface area contributed by atoms with Gasteiger partial charge in [0.15, 0.2) is 4.80 Å². The van der Waals surface area contributed by atoms with E-state index >= 15 is 0 Å². The number of halogens is 1. The Balaban J connectivity index is 1.97. The topological polar surface area (TPSA) is 71.7 Å². The normalized spacial score (nSPS) is 12.6.